The maximum absolute atomic E-state index is 5.47. The van der Waals surface area contributed by atoms with Crippen LogP contribution in [0.2, 0.25) is 0 Å². The van der Waals surface area contributed by atoms with E-state index in [0.29, 0.717) is 4.75 Å². The van der Waals surface area contributed by atoms with Crippen LogP contribution in [0.4, 0.5) is 0 Å². The van der Waals surface area contributed by atoms with Crippen LogP contribution in [0.1, 0.15) is 25.5 Å². The number of nitrogens with zero attached hydrogens (tertiary/aromatic N) is 1. The van der Waals surface area contributed by atoms with Crippen molar-refractivity contribution in [2.75, 3.05) is 25.9 Å². The lowest BCUT2D eigenvalue weighted by atomic mass is 10.1. The van der Waals surface area contributed by atoms with E-state index >= 15 is 0 Å². The highest BCUT2D eigenvalue weighted by Crippen LogP contribution is 2.36. The van der Waals surface area contributed by atoms with Crippen LogP contribution < -0.4 is 10.6 Å². The summed E-state index contributed by atoms with van der Waals surface area (Å²) in [4.78, 5) is 4.26. The maximum atomic E-state index is 5.47. The standard InChI is InChI=1S/C14H22BrN3OS/c1-14(7-3-9-20-14)10-18-13(16-2)17-8-6-11-4-5-12(15)19-11/h4-5H,3,6-10H2,1-2H3,(H2,16,17,18). The first kappa shape index (κ1) is 15.8. The van der Waals surface area contributed by atoms with Gasteiger partial charge in [0, 0.05) is 31.3 Å². The van der Waals surface area contributed by atoms with E-state index in [1.807, 2.05) is 19.2 Å². The van der Waals surface area contributed by atoms with Gasteiger partial charge < -0.3 is 15.1 Å². The molecular formula is C14H22BrN3OS. The van der Waals surface area contributed by atoms with Gasteiger partial charge in [0.15, 0.2) is 10.6 Å². The van der Waals surface area contributed by atoms with Crippen molar-refractivity contribution in [2.24, 2.45) is 4.99 Å². The zero-order chi connectivity index (χ0) is 14.4. The van der Waals surface area contributed by atoms with Crippen LogP contribution in [0, 0.1) is 0 Å². The summed E-state index contributed by atoms with van der Waals surface area (Å²) >= 11 is 5.36. The fraction of sp³-hybridized carbons (Fsp3) is 0.643. The Kier molecular flexibility index (Phi) is 5.84. The Hall–Kier alpha value is -0.620. The van der Waals surface area contributed by atoms with Gasteiger partial charge in [-0.05, 0) is 53.6 Å². The van der Waals surface area contributed by atoms with E-state index in [1.54, 1.807) is 0 Å². The highest BCUT2D eigenvalue weighted by molar-refractivity contribution is 9.10. The van der Waals surface area contributed by atoms with Crippen molar-refractivity contribution in [2.45, 2.75) is 30.9 Å². The van der Waals surface area contributed by atoms with Gasteiger partial charge in [-0.2, -0.15) is 11.8 Å². The first-order valence-corrected chi connectivity index (χ1v) is 8.72. The van der Waals surface area contributed by atoms with Crippen LogP contribution >= 0.6 is 27.7 Å². The van der Waals surface area contributed by atoms with E-state index in [0.717, 1.165) is 35.9 Å². The van der Waals surface area contributed by atoms with Crippen molar-refractivity contribution < 1.29 is 4.42 Å². The molecule has 1 atom stereocenters. The Morgan fingerprint density at radius 2 is 2.35 bits per heavy atom. The SMILES string of the molecule is CN=C(NCCc1ccc(Br)o1)NCC1(C)CCCS1. The van der Waals surface area contributed by atoms with Gasteiger partial charge in [0.25, 0.3) is 0 Å². The Bertz CT molecular complexity index is 455. The molecule has 1 unspecified atom stereocenters. The quantitative estimate of drug-likeness (QED) is 0.626. The van der Waals surface area contributed by atoms with Crippen molar-refractivity contribution in [1.29, 1.82) is 0 Å². The first-order valence-electron chi connectivity index (χ1n) is 6.94. The number of hydrogen-bond acceptors (Lipinski definition) is 3. The van der Waals surface area contributed by atoms with Gasteiger partial charge in [-0.15, -0.1) is 0 Å². The molecule has 0 aromatic carbocycles. The number of furan rings is 1. The second-order valence-corrected chi connectivity index (χ2v) is 7.67. The van der Waals surface area contributed by atoms with Crippen molar-refractivity contribution in [1.82, 2.24) is 10.6 Å². The van der Waals surface area contributed by atoms with E-state index in [-0.39, 0.29) is 0 Å². The number of nitrogens with one attached hydrogen (secondary N) is 2. The Morgan fingerprint density at radius 3 is 2.95 bits per heavy atom. The number of aliphatic imine (C=N–C) groups is 1. The largest absolute Gasteiger partial charge is 0.454 e. The number of guanidine groups is 1. The zero-order valence-electron chi connectivity index (χ0n) is 12.0. The van der Waals surface area contributed by atoms with E-state index < -0.39 is 0 Å². The second-order valence-electron chi connectivity index (χ2n) is 5.21. The summed E-state index contributed by atoms with van der Waals surface area (Å²) in [6.07, 6.45) is 3.45. The van der Waals surface area contributed by atoms with Gasteiger partial charge >= 0.3 is 0 Å². The topological polar surface area (TPSA) is 49.6 Å². The summed E-state index contributed by atoms with van der Waals surface area (Å²) < 4.78 is 6.60. The van der Waals surface area contributed by atoms with Gasteiger partial charge in [0.1, 0.15) is 5.76 Å². The van der Waals surface area contributed by atoms with Crippen molar-refractivity contribution >= 4 is 33.7 Å². The number of halogens is 1. The van der Waals surface area contributed by atoms with E-state index in [1.165, 1.54) is 18.6 Å². The summed E-state index contributed by atoms with van der Waals surface area (Å²) in [5.74, 6) is 3.11. The lowest BCUT2D eigenvalue weighted by Gasteiger charge is -2.24. The molecule has 1 aromatic rings. The van der Waals surface area contributed by atoms with Gasteiger partial charge in [0.05, 0.1) is 0 Å². The fourth-order valence-electron chi connectivity index (χ4n) is 2.26. The molecule has 0 bridgehead atoms. The molecule has 0 amide bonds. The molecule has 4 nitrogen and oxygen atoms in total. The van der Waals surface area contributed by atoms with Gasteiger partial charge in [-0.25, -0.2) is 0 Å². The summed E-state index contributed by atoms with van der Waals surface area (Å²) in [7, 11) is 1.81. The van der Waals surface area contributed by atoms with Crippen LogP contribution in [0.25, 0.3) is 0 Å². The third-order valence-corrected chi connectivity index (χ3v) is 5.41. The minimum absolute atomic E-state index is 0.351. The van der Waals surface area contributed by atoms with Crippen LogP contribution in [-0.4, -0.2) is 36.6 Å². The fourth-order valence-corrected chi connectivity index (χ4v) is 3.84. The highest BCUT2D eigenvalue weighted by Gasteiger charge is 2.29. The van der Waals surface area contributed by atoms with Gasteiger partial charge in [0.2, 0.25) is 0 Å². The molecule has 20 heavy (non-hydrogen) atoms. The molecule has 1 fully saturated rings. The lowest BCUT2D eigenvalue weighted by Crippen LogP contribution is -2.44. The van der Waals surface area contributed by atoms with Crippen LogP contribution in [0.15, 0.2) is 26.2 Å². The molecule has 1 aliphatic heterocycles. The second kappa shape index (κ2) is 7.41. The molecule has 2 rings (SSSR count). The average molecular weight is 360 g/mol. The molecule has 1 saturated heterocycles. The minimum atomic E-state index is 0.351. The highest BCUT2D eigenvalue weighted by atomic mass is 79.9. The van der Waals surface area contributed by atoms with Gasteiger partial charge in [-0.1, -0.05) is 0 Å². The molecule has 0 saturated carbocycles. The predicted molar refractivity (Wildman–Crippen MR) is 89.6 cm³/mol. The Labute approximate surface area is 133 Å². The minimum Gasteiger partial charge on any atom is -0.454 e. The molecule has 0 aliphatic carbocycles. The van der Waals surface area contributed by atoms with Crippen molar-refractivity contribution in [3.8, 4) is 0 Å². The third kappa shape index (κ3) is 4.74. The monoisotopic (exact) mass is 359 g/mol. The van der Waals surface area contributed by atoms with Crippen molar-refractivity contribution in [3.05, 3.63) is 22.6 Å². The molecule has 2 heterocycles. The Morgan fingerprint density at radius 1 is 1.50 bits per heavy atom. The number of thioether (sulfide) groups is 1. The Balaban J connectivity index is 1.70. The summed E-state index contributed by atoms with van der Waals surface area (Å²) in [5, 5.41) is 6.74. The molecule has 6 heteroatoms. The molecule has 0 spiro atoms. The lowest BCUT2D eigenvalue weighted by molar-refractivity contribution is 0.485. The van der Waals surface area contributed by atoms with E-state index in [2.05, 4.69) is 50.2 Å². The molecule has 2 N–H and O–H groups in total. The van der Waals surface area contributed by atoms with Crippen LogP contribution in [0.3, 0.4) is 0 Å². The molecule has 1 aromatic heterocycles. The average Bonchev–Trinajstić information content (AvgIpc) is 3.03. The zero-order valence-corrected chi connectivity index (χ0v) is 14.4. The van der Waals surface area contributed by atoms with E-state index in [9.17, 15) is 0 Å². The van der Waals surface area contributed by atoms with Crippen LogP contribution in [0.5, 0.6) is 0 Å². The van der Waals surface area contributed by atoms with Crippen LogP contribution in [-0.2, 0) is 6.42 Å². The normalized spacial score (nSPS) is 23.1. The summed E-state index contributed by atoms with van der Waals surface area (Å²) in [6.45, 7) is 4.10. The smallest absolute Gasteiger partial charge is 0.191 e. The number of hydrogen-bond donors (Lipinski definition) is 2. The number of rotatable bonds is 5. The van der Waals surface area contributed by atoms with Crippen molar-refractivity contribution in [3.63, 3.8) is 0 Å². The van der Waals surface area contributed by atoms with Gasteiger partial charge in [-0.3, -0.25) is 4.99 Å². The summed E-state index contributed by atoms with van der Waals surface area (Å²) in [6, 6.07) is 3.90. The third-order valence-electron chi connectivity index (χ3n) is 3.45. The molecule has 112 valence electrons. The molecule has 0 radical (unpaired) electrons. The predicted octanol–water partition coefficient (Wildman–Crippen LogP) is 3.04. The summed E-state index contributed by atoms with van der Waals surface area (Å²) in [5.41, 5.74) is 0. The first-order chi connectivity index (χ1) is 9.61. The van der Waals surface area contributed by atoms with E-state index in [4.69, 9.17) is 4.42 Å². The molecular weight excluding hydrogens is 338 g/mol. The molecule has 1 aliphatic rings. The maximum Gasteiger partial charge on any atom is 0.191 e.